The summed E-state index contributed by atoms with van der Waals surface area (Å²) in [6, 6.07) is 9.32. The number of aromatic nitrogens is 1. The molecule has 1 aliphatic carbocycles. The molecular weight excluding hydrogens is 234 g/mol. The molecule has 0 atom stereocenters. The molecule has 2 aromatic rings. The molecule has 1 N–H and O–H groups in total. The lowest BCUT2D eigenvalue weighted by atomic mass is 10.1. The van der Waals surface area contributed by atoms with Gasteiger partial charge in [0.2, 0.25) is 0 Å². The summed E-state index contributed by atoms with van der Waals surface area (Å²) in [5.74, 6) is 1.15. The van der Waals surface area contributed by atoms with E-state index in [1.54, 1.807) is 0 Å². The van der Waals surface area contributed by atoms with Crippen LogP contribution in [0.1, 0.15) is 25.3 Å². The Kier molecular flexibility index (Phi) is 3.38. The molecule has 1 aromatic heterocycles. The van der Waals surface area contributed by atoms with Gasteiger partial charge in [0.1, 0.15) is 5.82 Å². The van der Waals surface area contributed by atoms with Crippen molar-refractivity contribution in [2.45, 2.75) is 32.4 Å². The second kappa shape index (κ2) is 5.17. The SMILES string of the molecule is CCN(c1ncc(CNC)c2ccccc12)C1CC1. The van der Waals surface area contributed by atoms with Crippen molar-refractivity contribution in [2.75, 3.05) is 18.5 Å². The minimum atomic E-state index is 0.705. The highest BCUT2D eigenvalue weighted by Gasteiger charge is 2.29. The summed E-state index contributed by atoms with van der Waals surface area (Å²) in [7, 11) is 1.98. The molecule has 3 nitrogen and oxygen atoms in total. The smallest absolute Gasteiger partial charge is 0.136 e. The fourth-order valence-electron chi connectivity index (χ4n) is 2.76. The molecular formula is C16H21N3. The van der Waals surface area contributed by atoms with Gasteiger partial charge < -0.3 is 10.2 Å². The molecule has 100 valence electrons. The van der Waals surface area contributed by atoms with Crippen molar-refractivity contribution in [2.24, 2.45) is 0 Å². The molecule has 0 radical (unpaired) electrons. The predicted molar refractivity (Wildman–Crippen MR) is 80.5 cm³/mol. The molecule has 1 fully saturated rings. The highest BCUT2D eigenvalue weighted by molar-refractivity contribution is 5.94. The maximum absolute atomic E-state index is 4.74. The lowest BCUT2D eigenvalue weighted by molar-refractivity contribution is 0.801. The maximum atomic E-state index is 4.74. The second-order valence-electron chi connectivity index (χ2n) is 5.20. The first-order valence-corrected chi connectivity index (χ1v) is 7.13. The molecule has 1 aliphatic rings. The van der Waals surface area contributed by atoms with Crippen LogP contribution >= 0.6 is 0 Å². The van der Waals surface area contributed by atoms with Gasteiger partial charge in [0.25, 0.3) is 0 Å². The van der Waals surface area contributed by atoms with Gasteiger partial charge in [-0.15, -0.1) is 0 Å². The highest BCUT2D eigenvalue weighted by atomic mass is 15.2. The van der Waals surface area contributed by atoms with Crippen molar-refractivity contribution in [3.63, 3.8) is 0 Å². The second-order valence-corrected chi connectivity index (χ2v) is 5.20. The number of hydrogen-bond acceptors (Lipinski definition) is 3. The quantitative estimate of drug-likeness (QED) is 0.890. The van der Waals surface area contributed by atoms with Gasteiger partial charge in [-0.3, -0.25) is 0 Å². The average Bonchev–Trinajstić information content (AvgIpc) is 3.27. The summed E-state index contributed by atoms with van der Waals surface area (Å²) in [5, 5.41) is 5.82. The van der Waals surface area contributed by atoms with Crippen molar-refractivity contribution < 1.29 is 0 Å². The molecule has 0 saturated heterocycles. The van der Waals surface area contributed by atoms with Crippen LogP contribution in [-0.4, -0.2) is 24.6 Å². The largest absolute Gasteiger partial charge is 0.353 e. The normalized spacial score (nSPS) is 14.8. The van der Waals surface area contributed by atoms with Crippen molar-refractivity contribution in [3.05, 3.63) is 36.0 Å². The Morgan fingerprint density at radius 2 is 2.00 bits per heavy atom. The van der Waals surface area contributed by atoms with E-state index >= 15 is 0 Å². The topological polar surface area (TPSA) is 28.2 Å². The third kappa shape index (κ3) is 2.30. The van der Waals surface area contributed by atoms with E-state index in [1.165, 1.54) is 29.2 Å². The third-order valence-electron chi connectivity index (χ3n) is 3.82. The van der Waals surface area contributed by atoms with E-state index in [1.807, 2.05) is 13.2 Å². The van der Waals surface area contributed by atoms with E-state index in [2.05, 4.69) is 41.4 Å². The van der Waals surface area contributed by atoms with Gasteiger partial charge in [-0.05, 0) is 37.8 Å². The number of fused-ring (bicyclic) bond motifs is 1. The van der Waals surface area contributed by atoms with Gasteiger partial charge in [-0.2, -0.15) is 0 Å². The molecule has 1 saturated carbocycles. The van der Waals surface area contributed by atoms with Gasteiger partial charge in [-0.1, -0.05) is 24.3 Å². The van der Waals surface area contributed by atoms with Crippen LogP contribution in [0.25, 0.3) is 10.8 Å². The Bertz CT molecular complexity index is 575. The highest BCUT2D eigenvalue weighted by Crippen LogP contribution is 2.34. The van der Waals surface area contributed by atoms with E-state index < -0.39 is 0 Å². The molecule has 0 aliphatic heterocycles. The summed E-state index contributed by atoms with van der Waals surface area (Å²) in [4.78, 5) is 7.19. The first kappa shape index (κ1) is 12.4. The van der Waals surface area contributed by atoms with E-state index in [-0.39, 0.29) is 0 Å². The van der Waals surface area contributed by atoms with Crippen LogP contribution in [0, 0.1) is 0 Å². The monoisotopic (exact) mass is 255 g/mol. The molecule has 3 heteroatoms. The number of hydrogen-bond donors (Lipinski definition) is 1. The molecule has 0 spiro atoms. The zero-order valence-corrected chi connectivity index (χ0v) is 11.7. The van der Waals surface area contributed by atoms with Crippen molar-refractivity contribution in [1.82, 2.24) is 10.3 Å². The Balaban J connectivity index is 2.12. The van der Waals surface area contributed by atoms with E-state index in [4.69, 9.17) is 4.98 Å². The summed E-state index contributed by atoms with van der Waals surface area (Å²) in [6.45, 7) is 4.12. The molecule has 0 unspecified atom stereocenters. The summed E-state index contributed by atoms with van der Waals surface area (Å²) < 4.78 is 0. The van der Waals surface area contributed by atoms with Crippen molar-refractivity contribution in [3.8, 4) is 0 Å². The van der Waals surface area contributed by atoms with Crippen LogP contribution in [0.5, 0.6) is 0 Å². The van der Waals surface area contributed by atoms with Crippen LogP contribution in [-0.2, 0) is 6.54 Å². The number of anilines is 1. The number of pyridine rings is 1. The van der Waals surface area contributed by atoms with Gasteiger partial charge in [-0.25, -0.2) is 4.98 Å². The number of rotatable bonds is 5. The van der Waals surface area contributed by atoms with Crippen LogP contribution in [0.2, 0.25) is 0 Å². The standard InChI is InChI=1S/C16H21N3/c1-3-19(13-8-9-13)16-15-7-5-4-6-14(15)12(10-17-2)11-18-16/h4-7,11,13,17H,3,8-10H2,1-2H3. The van der Waals surface area contributed by atoms with Crippen LogP contribution in [0.3, 0.4) is 0 Å². The van der Waals surface area contributed by atoms with Crippen molar-refractivity contribution >= 4 is 16.6 Å². The van der Waals surface area contributed by atoms with Crippen LogP contribution < -0.4 is 10.2 Å². The Morgan fingerprint density at radius 3 is 2.63 bits per heavy atom. The summed E-state index contributed by atoms with van der Waals surface area (Å²) in [5.41, 5.74) is 1.27. The minimum absolute atomic E-state index is 0.705. The van der Waals surface area contributed by atoms with Crippen LogP contribution in [0.4, 0.5) is 5.82 Å². The van der Waals surface area contributed by atoms with Gasteiger partial charge in [0.15, 0.2) is 0 Å². The third-order valence-corrected chi connectivity index (χ3v) is 3.82. The Labute approximate surface area is 114 Å². The van der Waals surface area contributed by atoms with E-state index in [9.17, 15) is 0 Å². The molecule has 1 heterocycles. The molecule has 0 amide bonds. The number of nitrogens with one attached hydrogen (secondary N) is 1. The maximum Gasteiger partial charge on any atom is 0.136 e. The van der Waals surface area contributed by atoms with Gasteiger partial charge in [0.05, 0.1) is 0 Å². The zero-order valence-electron chi connectivity index (χ0n) is 11.7. The van der Waals surface area contributed by atoms with Crippen LogP contribution in [0.15, 0.2) is 30.5 Å². The Hall–Kier alpha value is -1.61. The van der Waals surface area contributed by atoms with Gasteiger partial charge >= 0.3 is 0 Å². The zero-order chi connectivity index (χ0) is 13.2. The fraction of sp³-hybridized carbons (Fsp3) is 0.438. The predicted octanol–water partition coefficient (Wildman–Crippen LogP) is 2.94. The lowest BCUT2D eigenvalue weighted by Crippen LogP contribution is -2.26. The number of benzene rings is 1. The first-order chi connectivity index (χ1) is 9.35. The molecule has 19 heavy (non-hydrogen) atoms. The Morgan fingerprint density at radius 1 is 1.26 bits per heavy atom. The lowest BCUT2D eigenvalue weighted by Gasteiger charge is -2.23. The molecule has 1 aromatic carbocycles. The van der Waals surface area contributed by atoms with E-state index in [0.717, 1.165) is 18.9 Å². The van der Waals surface area contributed by atoms with Gasteiger partial charge in [0, 0.05) is 30.7 Å². The summed E-state index contributed by atoms with van der Waals surface area (Å²) >= 11 is 0. The minimum Gasteiger partial charge on any atom is -0.353 e. The number of nitrogens with zero attached hydrogens (tertiary/aromatic N) is 2. The average molecular weight is 255 g/mol. The molecule has 3 rings (SSSR count). The fourth-order valence-corrected chi connectivity index (χ4v) is 2.76. The summed E-state index contributed by atoms with van der Waals surface area (Å²) in [6.07, 6.45) is 4.64. The van der Waals surface area contributed by atoms with Crippen molar-refractivity contribution in [1.29, 1.82) is 0 Å². The first-order valence-electron chi connectivity index (χ1n) is 7.13. The molecule has 0 bridgehead atoms. The van der Waals surface area contributed by atoms with E-state index in [0.29, 0.717) is 6.04 Å².